The van der Waals surface area contributed by atoms with E-state index in [1.165, 1.54) is 11.4 Å². The summed E-state index contributed by atoms with van der Waals surface area (Å²) < 4.78 is 19.0. The maximum absolute atomic E-state index is 12.0. The van der Waals surface area contributed by atoms with Gasteiger partial charge in [0.25, 0.3) is 0 Å². The molecule has 0 N–H and O–H groups in total. The first-order valence-electron chi connectivity index (χ1n) is 11.1. The van der Waals surface area contributed by atoms with E-state index in [1.54, 1.807) is 6.92 Å². The number of carbonyl (C=O) groups is 1. The van der Waals surface area contributed by atoms with Crippen molar-refractivity contribution in [3.05, 3.63) is 53.3 Å². The highest BCUT2D eigenvalue weighted by Crippen LogP contribution is 2.24. The molecular weight excluding hydrogens is 378 g/mol. The molecule has 0 amide bonds. The molecule has 166 valence electrons. The lowest BCUT2D eigenvalue weighted by Crippen LogP contribution is -2.28. The van der Waals surface area contributed by atoms with E-state index in [1.807, 2.05) is 31.2 Å². The third-order valence-electron chi connectivity index (χ3n) is 5.08. The van der Waals surface area contributed by atoms with Gasteiger partial charge in [-0.2, -0.15) is 0 Å². The van der Waals surface area contributed by atoms with Gasteiger partial charge in [-0.1, -0.05) is 39.8 Å². The molecule has 0 radical (unpaired) electrons. The Morgan fingerprint density at radius 1 is 0.900 bits per heavy atom. The van der Waals surface area contributed by atoms with Crippen LogP contribution >= 0.6 is 0 Å². The lowest BCUT2D eigenvalue weighted by atomic mass is 10.1. The van der Waals surface area contributed by atoms with Gasteiger partial charge in [-0.3, -0.25) is 0 Å². The van der Waals surface area contributed by atoms with Crippen LogP contribution in [0.5, 0.6) is 5.75 Å². The van der Waals surface area contributed by atoms with Crippen molar-refractivity contribution >= 4 is 5.97 Å². The Balaban J connectivity index is 1.95. The SMILES string of the molecule is CCOC(=O)C(Cc1ccc(OCCn2c(C(C)C)ccc2C(C)C)cc1)OCC. The second kappa shape index (κ2) is 11.8. The number of rotatable bonds is 12. The molecule has 2 rings (SSSR count). The summed E-state index contributed by atoms with van der Waals surface area (Å²) in [5.41, 5.74) is 3.71. The van der Waals surface area contributed by atoms with E-state index in [9.17, 15) is 4.79 Å². The molecule has 0 saturated heterocycles. The van der Waals surface area contributed by atoms with Gasteiger partial charge in [0.05, 0.1) is 13.2 Å². The number of carbonyl (C=O) groups excluding carboxylic acids is 1. The summed E-state index contributed by atoms with van der Waals surface area (Å²) in [7, 11) is 0. The van der Waals surface area contributed by atoms with Gasteiger partial charge in [0.2, 0.25) is 0 Å². The standard InChI is InChI=1S/C25H37NO4/c1-7-28-24(25(27)29-8-2)17-20-9-11-21(12-10-20)30-16-15-26-22(18(3)4)13-14-23(26)19(5)6/h9-14,18-19,24H,7-8,15-17H2,1-6H3. The van der Waals surface area contributed by atoms with Crippen LogP contribution in [0.4, 0.5) is 0 Å². The largest absolute Gasteiger partial charge is 0.492 e. The van der Waals surface area contributed by atoms with E-state index in [0.29, 0.717) is 38.1 Å². The van der Waals surface area contributed by atoms with Crippen LogP contribution in [-0.4, -0.2) is 36.5 Å². The van der Waals surface area contributed by atoms with Crippen molar-refractivity contribution in [3.63, 3.8) is 0 Å². The minimum absolute atomic E-state index is 0.312. The summed E-state index contributed by atoms with van der Waals surface area (Å²) in [5, 5.41) is 0. The zero-order chi connectivity index (χ0) is 22.1. The van der Waals surface area contributed by atoms with Crippen molar-refractivity contribution in [1.82, 2.24) is 4.57 Å². The van der Waals surface area contributed by atoms with Crippen LogP contribution in [0.3, 0.4) is 0 Å². The third-order valence-corrected chi connectivity index (χ3v) is 5.08. The van der Waals surface area contributed by atoms with Crippen molar-refractivity contribution in [2.24, 2.45) is 0 Å². The van der Waals surface area contributed by atoms with Crippen LogP contribution < -0.4 is 4.74 Å². The molecule has 0 aliphatic heterocycles. The molecule has 1 aromatic heterocycles. The summed E-state index contributed by atoms with van der Waals surface area (Å²) in [6.45, 7) is 14.8. The fourth-order valence-electron chi connectivity index (χ4n) is 3.60. The van der Waals surface area contributed by atoms with E-state index >= 15 is 0 Å². The monoisotopic (exact) mass is 415 g/mol. The number of aromatic nitrogens is 1. The number of hydrogen-bond donors (Lipinski definition) is 0. The Kier molecular flexibility index (Phi) is 9.44. The molecule has 2 aromatic rings. The number of hydrogen-bond acceptors (Lipinski definition) is 4. The molecule has 0 saturated carbocycles. The lowest BCUT2D eigenvalue weighted by Gasteiger charge is -2.18. The molecule has 0 fully saturated rings. The molecule has 1 heterocycles. The highest BCUT2D eigenvalue weighted by Gasteiger charge is 2.20. The van der Waals surface area contributed by atoms with E-state index < -0.39 is 6.10 Å². The Morgan fingerprint density at radius 2 is 1.50 bits per heavy atom. The van der Waals surface area contributed by atoms with Gasteiger partial charge in [-0.25, -0.2) is 4.79 Å². The number of nitrogens with zero attached hydrogens (tertiary/aromatic N) is 1. The summed E-state index contributed by atoms with van der Waals surface area (Å²) in [4.78, 5) is 12.0. The number of ether oxygens (including phenoxy) is 3. The second-order valence-electron chi connectivity index (χ2n) is 8.04. The summed E-state index contributed by atoms with van der Waals surface area (Å²) >= 11 is 0. The molecule has 1 atom stereocenters. The molecule has 1 aromatic carbocycles. The number of esters is 1. The van der Waals surface area contributed by atoms with Gasteiger partial charge in [0.1, 0.15) is 12.4 Å². The fourth-order valence-corrected chi connectivity index (χ4v) is 3.60. The van der Waals surface area contributed by atoms with Crippen LogP contribution in [0.25, 0.3) is 0 Å². The first-order chi connectivity index (χ1) is 14.4. The first-order valence-corrected chi connectivity index (χ1v) is 11.1. The fraction of sp³-hybridized carbons (Fsp3) is 0.560. The first kappa shape index (κ1) is 24.0. The summed E-state index contributed by atoms with van der Waals surface area (Å²) in [5.74, 6) is 1.48. The van der Waals surface area contributed by atoms with Gasteiger partial charge in [0, 0.05) is 24.4 Å². The van der Waals surface area contributed by atoms with Crippen molar-refractivity contribution < 1.29 is 19.0 Å². The lowest BCUT2D eigenvalue weighted by molar-refractivity contribution is -0.156. The predicted molar refractivity (Wildman–Crippen MR) is 120 cm³/mol. The Hall–Kier alpha value is -2.27. The molecule has 0 spiro atoms. The Labute approximate surface area is 181 Å². The van der Waals surface area contributed by atoms with Gasteiger partial charge in [0.15, 0.2) is 6.10 Å². The summed E-state index contributed by atoms with van der Waals surface area (Å²) in [6.07, 6.45) is -0.0781. The van der Waals surface area contributed by atoms with Crippen molar-refractivity contribution in [1.29, 1.82) is 0 Å². The third kappa shape index (κ3) is 6.63. The molecule has 5 heteroatoms. The van der Waals surface area contributed by atoms with E-state index in [4.69, 9.17) is 14.2 Å². The second-order valence-corrected chi connectivity index (χ2v) is 8.04. The maximum Gasteiger partial charge on any atom is 0.335 e. The Morgan fingerprint density at radius 3 is 2.00 bits per heavy atom. The quantitative estimate of drug-likeness (QED) is 0.440. The van der Waals surface area contributed by atoms with Gasteiger partial charge >= 0.3 is 5.97 Å². The van der Waals surface area contributed by atoms with Crippen molar-refractivity contribution in [2.75, 3.05) is 19.8 Å². The topological polar surface area (TPSA) is 49.7 Å². The van der Waals surface area contributed by atoms with Crippen LogP contribution in [0.15, 0.2) is 36.4 Å². The smallest absolute Gasteiger partial charge is 0.335 e. The predicted octanol–water partition coefficient (Wildman–Crippen LogP) is 5.32. The van der Waals surface area contributed by atoms with E-state index in [-0.39, 0.29) is 5.97 Å². The maximum atomic E-state index is 12.0. The normalized spacial score (nSPS) is 12.4. The molecule has 5 nitrogen and oxygen atoms in total. The zero-order valence-electron chi connectivity index (χ0n) is 19.3. The molecule has 1 unspecified atom stereocenters. The zero-order valence-corrected chi connectivity index (χ0v) is 19.3. The van der Waals surface area contributed by atoms with Gasteiger partial charge in [-0.05, 0) is 55.5 Å². The highest BCUT2D eigenvalue weighted by atomic mass is 16.6. The van der Waals surface area contributed by atoms with Crippen LogP contribution in [0, 0.1) is 0 Å². The van der Waals surface area contributed by atoms with Crippen molar-refractivity contribution in [2.45, 2.75) is 72.4 Å². The minimum atomic E-state index is -0.570. The molecule has 0 aliphatic rings. The van der Waals surface area contributed by atoms with Gasteiger partial charge in [-0.15, -0.1) is 0 Å². The summed E-state index contributed by atoms with van der Waals surface area (Å²) in [6, 6.07) is 12.3. The molecule has 0 aliphatic carbocycles. The Bertz CT molecular complexity index is 751. The van der Waals surface area contributed by atoms with Crippen LogP contribution in [0.1, 0.15) is 70.3 Å². The van der Waals surface area contributed by atoms with Crippen molar-refractivity contribution in [3.8, 4) is 5.75 Å². The molecule has 30 heavy (non-hydrogen) atoms. The van der Waals surface area contributed by atoms with E-state index in [0.717, 1.165) is 17.9 Å². The average molecular weight is 416 g/mol. The van der Waals surface area contributed by atoms with Gasteiger partial charge < -0.3 is 18.8 Å². The van der Waals surface area contributed by atoms with Crippen LogP contribution in [-0.2, 0) is 27.2 Å². The average Bonchev–Trinajstić information content (AvgIpc) is 3.13. The highest BCUT2D eigenvalue weighted by molar-refractivity contribution is 5.75. The molecular formula is C25H37NO4. The molecule has 0 bridgehead atoms. The van der Waals surface area contributed by atoms with E-state index in [2.05, 4.69) is 44.4 Å². The minimum Gasteiger partial charge on any atom is -0.492 e. The van der Waals surface area contributed by atoms with Crippen LogP contribution in [0.2, 0.25) is 0 Å². The number of benzene rings is 1.